The molecule has 0 aliphatic carbocycles. The maximum absolute atomic E-state index is 11.2. The van der Waals surface area contributed by atoms with Gasteiger partial charge in [-0.2, -0.15) is 0 Å². The largest absolute Gasteiger partial charge is 0.465 e. The number of carbonyl (C=O) groups is 1. The highest BCUT2D eigenvalue weighted by Crippen LogP contribution is 1.88. The van der Waals surface area contributed by atoms with Crippen molar-refractivity contribution in [2.45, 2.75) is 13.0 Å². The van der Waals surface area contributed by atoms with E-state index in [-0.39, 0.29) is 6.61 Å². The average molecular weight is 204 g/mol. The minimum atomic E-state index is -0.602. The molecular weight excluding hydrogens is 184 g/mol. The first-order chi connectivity index (χ1) is 6.61. The summed E-state index contributed by atoms with van der Waals surface area (Å²) in [5.74, 6) is -0.395. The zero-order valence-corrected chi connectivity index (χ0v) is 9.12. The standard InChI is InChI=1S/C9H20N2O3/c1-4-14-9(13)8(7-12)10-5-6-11(2)3/h8,10,12H,4-7H2,1-3H3. The molecule has 1 unspecified atom stereocenters. The van der Waals surface area contributed by atoms with Crippen LogP contribution in [0.15, 0.2) is 0 Å². The Balaban J connectivity index is 3.73. The van der Waals surface area contributed by atoms with E-state index in [0.717, 1.165) is 6.54 Å². The predicted octanol–water partition coefficient (Wildman–Crippen LogP) is -0.938. The van der Waals surface area contributed by atoms with Crippen LogP contribution in [0.1, 0.15) is 6.92 Å². The molecule has 14 heavy (non-hydrogen) atoms. The van der Waals surface area contributed by atoms with Crippen LogP contribution in [0.2, 0.25) is 0 Å². The van der Waals surface area contributed by atoms with Gasteiger partial charge in [0, 0.05) is 13.1 Å². The van der Waals surface area contributed by atoms with Gasteiger partial charge < -0.3 is 20.1 Å². The van der Waals surface area contributed by atoms with Crippen molar-refractivity contribution in [3.8, 4) is 0 Å². The van der Waals surface area contributed by atoms with Crippen molar-refractivity contribution < 1.29 is 14.6 Å². The van der Waals surface area contributed by atoms with Crippen LogP contribution in [-0.2, 0) is 9.53 Å². The van der Waals surface area contributed by atoms with E-state index in [1.165, 1.54) is 0 Å². The zero-order valence-electron chi connectivity index (χ0n) is 9.12. The Morgan fingerprint density at radius 1 is 1.57 bits per heavy atom. The summed E-state index contributed by atoms with van der Waals surface area (Å²) in [6.45, 7) is 3.32. The van der Waals surface area contributed by atoms with Gasteiger partial charge in [-0.3, -0.25) is 4.79 Å². The number of hydrogen-bond acceptors (Lipinski definition) is 5. The molecule has 0 aliphatic heterocycles. The Hall–Kier alpha value is -0.650. The topological polar surface area (TPSA) is 61.8 Å². The van der Waals surface area contributed by atoms with Gasteiger partial charge in [0.15, 0.2) is 0 Å². The van der Waals surface area contributed by atoms with Crippen LogP contribution in [0.5, 0.6) is 0 Å². The first kappa shape index (κ1) is 13.4. The van der Waals surface area contributed by atoms with E-state index in [4.69, 9.17) is 9.84 Å². The second-order valence-corrected chi connectivity index (χ2v) is 3.24. The Morgan fingerprint density at radius 3 is 2.64 bits per heavy atom. The smallest absolute Gasteiger partial charge is 0.325 e. The van der Waals surface area contributed by atoms with E-state index in [2.05, 4.69) is 5.32 Å². The Morgan fingerprint density at radius 2 is 2.21 bits per heavy atom. The number of esters is 1. The van der Waals surface area contributed by atoms with Crippen molar-refractivity contribution >= 4 is 5.97 Å². The van der Waals surface area contributed by atoms with Gasteiger partial charge in [0.05, 0.1) is 13.2 Å². The van der Waals surface area contributed by atoms with Gasteiger partial charge in [0.25, 0.3) is 0 Å². The molecule has 0 rings (SSSR count). The molecule has 0 heterocycles. The number of aliphatic hydroxyl groups excluding tert-OH is 1. The number of nitrogens with one attached hydrogen (secondary N) is 1. The highest BCUT2D eigenvalue weighted by molar-refractivity contribution is 5.75. The van der Waals surface area contributed by atoms with Gasteiger partial charge in [0.1, 0.15) is 6.04 Å². The van der Waals surface area contributed by atoms with Crippen LogP contribution >= 0.6 is 0 Å². The van der Waals surface area contributed by atoms with Gasteiger partial charge in [-0.15, -0.1) is 0 Å². The van der Waals surface area contributed by atoms with Crippen LogP contribution in [0.25, 0.3) is 0 Å². The van der Waals surface area contributed by atoms with E-state index in [0.29, 0.717) is 13.2 Å². The van der Waals surface area contributed by atoms with Gasteiger partial charge in [-0.05, 0) is 21.0 Å². The van der Waals surface area contributed by atoms with Crippen LogP contribution < -0.4 is 5.32 Å². The third-order valence-electron chi connectivity index (χ3n) is 1.70. The quantitative estimate of drug-likeness (QED) is 0.524. The normalized spacial score (nSPS) is 12.9. The first-order valence-corrected chi connectivity index (χ1v) is 4.77. The summed E-state index contributed by atoms with van der Waals surface area (Å²) >= 11 is 0. The fourth-order valence-electron chi connectivity index (χ4n) is 0.928. The highest BCUT2D eigenvalue weighted by atomic mass is 16.5. The zero-order chi connectivity index (χ0) is 11.0. The lowest BCUT2D eigenvalue weighted by molar-refractivity contribution is -0.146. The summed E-state index contributed by atoms with van der Waals surface area (Å²) in [6, 6.07) is -0.602. The number of carbonyl (C=O) groups excluding carboxylic acids is 1. The third-order valence-corrected chi connectivity index (χ3v) is 1.70. The molecule has 2 N–H and O–H groups in total. The van der Waals surface area contributed by atoms with Gasteiger partial charge in [-0.1, -0.05) is 0 Å². The van der Waals surface area contributed by atoms with E-state index < -0.39 is 12.0 Å². The van der Waals surface area contributed by atoms with Gasteiger partial charge in [-0.25, -0.2) is 0 Å². The lowest BCUT2D eigenvalue weighted by atomic mass is 10.3. The molecule has 0 aromatic heterocycles. The molecule has 84 valence electrons. The summed E-state index contributed by atoms with van der Waals surface area (Å²) in [6.07, 6.45) is 0. The molecule has 0 fully saturated rings. The molecule has 0 aromatic rings. The monoisotopic (exact) mass is 204 g/mol. The van der Waals surface area contributed by atoms with Crippen molar-refractivity contribution in [3.05, 3.63) is 0 Å². The fourth-order valence-corrected chi connectivity index (χ4v) is 0.928. The molecule has 0 aromatic carbocycles. The predicted molar refractivity (Wildman–Crippen MR) is 54.1 cm³/mol. The van der Waals surface area contributed by atoms with Crippen molar-refractivity contribution in [2.75, 3.05) is 40.4 Å². The molecule has 0 saturated carbocycles. The molecule has 0 saturated heterocycles. The molecule has 0 amide bonds. The SMILES string of the molecule is CCOC(=O)C(CO)NCCN(C)C. The molecule has 0 radical (unpaired) electrons. The summed E-state index contributed by atoms with van der Waals surface area (Å²) in [5.41, 5.74) is 0. The number of ether oxygens (including phenoxy) is 1. The number of hydrogen-bond donors (Lipinski definition) is 2. The summed E-state index contributed by atoms with van der Waals surface area (Å²) in [7, 11) is 3.89. The molecule has 1 atom stereocenters. The van der Waals surface area contributed by atoms with Crippen LogP contribution in [0.3, 0.4) is 0 Å². The van der Waals surface area contributed by atoms with Crippen molar-refractivity contribution in [3.63, 3.8) is 0 Å². The molecule has 5 nitrogen and oxygen atoms in total. The Labute approximate surface area is 85.0 Å². The molecule has 0 bridgehead atoms. The number of likely N-dealkylation sites (N-methyl/N-ethyl adjacent to an activating group) is 1. The molecular formula is C9H20N2O3. The third kappa shape index (κ3) is 5.90. The highest BCUT2D eigenvalue weighted by Gasteiger charge is 2.17. The molecule has 0 aliphatic rings. The van der Waals surface area contributed by atoms with E-state index in [1.807, 2.05) is 19.0 Å². The van der Waals surface area contributed by atoms with Gasteiger partial charge in [0.2, 0.25) is 0 Å². The minimum Gasteiger partial charge on any atom is -0.465 e. The number of aliphatic hydroxyl groups is 1. The van der Waals surface area contributed by atoms with Crippen LogP contribution in [0.4, 0.5) is 0 Å². The minimum absolute atomic E-state index is 0.230. The summed E-state index contributed by atoms with van der Waals surface area (Å²) in [4.78, 5) is 13.2. The maximum atomic E-state index is 11.2. The van der Waals surface area contributed by atoms with E-state index >= 15 is 0 Å². The summed E-state index contributed by atoms with van der Waals surface area (Å²) in [5, 5.41) is 11.8. The Kier molecular flexibility index (Phi) is 7.37. The van der Waals surface area contributed by atoms with Crippen molar-refractivity contribution in [1.82, 2.24) is 10.2 Å². The lowest BCUT2D eigenvalue weighted by Gasteiger charge is -2.16. The second kappa shape index (κ2) is 7.73. The summed E-state index contributed by atoms with van der Waals surface area (Å²) < 4.78 is 4.78. The Bertz CT molecular complexity index is 162. The van der Waals surface area contributed by atoms with Crippen molar-refractivity contribution in [2.24, 2.45) is 0 Å². The van der Waals surface area contributed by atoms with Crippen LogP contribution in [0, 0.1) is 0 Å². The number of nitrogens with zero attached hydrogens (tertiary/aromatic N) is 1. The average Bonchev–Trinajstić information content (AvgIpc) is 2.12. The lowest BCUT2D eigenvalue weighted by Crippen LogP contribution is -2.43. The molecule has 5 heteroatoms. The molecule has 0 spiro atoms. The number of rotatable bonds is 7. The van der Waals surface area contributed by atoms with Crippen molar-refractivity contribution in [1.29, 1.82) is 0 Å². The van der Waals surface area contributed by atoms with Gasteiger partial charge >= 0.3 is 5.97 Å². The maximum Gasteiger partial charge on any atom is 0.325 e. The first-order valence-electron chi connectivity index (χ1n) is 4.77. The van der Waals surface area contributed by atoms with E-state index in [1.54, 1.807) is 6.92 Å². The fraction of sp³-hybridized carbons (Fsp3) is 0.889. The second-order valence-electron chi connectivity index (χ2n) is 3.24. The van der Waals surface area contributed by atoms with E-state index in [9.17, 15) is 4.79 Å². The van der Waals surface area contributed by atoms with Crippen LogP contribution in [-0.4, -0.2) is 62.4 Å².